The highest BCUT2D eigenvalue weighted by Gasteiger charge is 2.28. The van der Waals surface area contributed by atoms with Crippen molar-refractivity contribution in [3.63, 3.8) is 0 Å². The third kappa shape index (κ3) is 2.81. The molecule has 0 amide bonds. The second-order valence-corrected chi connectivity index (χ2v) is 6.08. The van der Waals surface area contributed by atoms with Crippen LogP contribution in [0.5, 0.6) is 0 Å². The number of ether oxygens (including phenoxy) is 1. The molecule has 1 aliphatic rings. The van der Waals surface area contributed by atoms with Crippen molar-refractivity contribution < 1.29 is 18.8 Å². The van der Waals surface area contributed by atoms with Crippen LogP contribution in [0.4, 0.5) is 0 Å². The summed E-state index contributed by atoms with van der Waals surface area (Å²) in [6, 6.07) is 2.39. The lowest BCUT2D eigenvalue weighted by atomic mass is 10.1. The molecule has 23 heavy (non-hydrogen) atoms. The minimum absolute atomic E-state index is 0.190. The number of carbonyl (C=O) groups excluding carboxylic acids is 2. The molecule has 0 N–H and O–H groups in total. The minimum Gasteiger partial charge on any atom is -0.454 e. The molecule has 1 saturated carbocycles. The first-order valence-electron chi connectivity index (χ1n) is 7.71. The van der Waals surface area contributed by atoms with Gasteiger partial charge in [0.05, 0.1) is 5.69 Å². The molecule has 0 spiro atoms. The average Bonchev–Trinajstić information content (AvgIpc) is 3.21. The van der Waals surface area contributed by atoms with Crippen LogP contribution in [0.3, 0.4) is 0 Å². The monoisotopic (exact) mass is 316 g/mol. The van der Waals surface area contributed by atoms with Crippen LogP contribution in [-0.4, -0.2) is 28.1 Å². The van der Waals surface area contributed by atoms with Gasteiger partial charge in [0.25, 0.3) is 0 Å². The summed E-state index contributed by atoms with van der Waals surface area (Å²) in [6.07, 6.45) is 2.32. The molecule has 0 aliphatic heterocycles. The molecule has 2 heterocycles. The van der Waals surface area contributed by atoms with Crippen LogP contribution in [0.2, 0.25) is 0 Å². The molecule has 0 atom stereocenters. The Morgan fingerprint density at radius 1 is 1.30 bits per heavy atom. The molecule has 3 rings (SSSR count). The Bertz CT molecular complexity index is 761. The molecular formula is C17H20N2O4. The van der Waals surface area contributed by atoms with Crippen LogP contribution in [0.1, 0.15) is 62.4 Å². The number of nitrogens with zero attached hydrogens (tertiary/aromatic N) is 2. The van der Waals surface area contributed by atoms with Gasteiger partial charge in [-0.25, -0.2) is 4.79 Å². The summed E-state index contributed by atoms with van der Waals surface area (Å²) in [6.45, 7) is 6.96. The largest absolute Gasteiger partial charge is 0.454 e. The van der Waals surface area contributed by atoms with Gasteiger partial charge in [0.2, 0.25) is 5.78 Å². The first kappa shape index (κ1) is 15.5. The Labute approximate surface area is 134 Å². The van der Waals surface area contributed by atoms with E-state index in [4.69, 9.17) is 9.26 Å². The van der Waals surface area contributed by atoms with E-state index in [0.29, 0.717) is 28.6 Å². The van der Waals surface area contributed by atoms with E-state index in [1.807, 2.05) is 19.9 Å². The van der Waals surface area contributed by atoms with Gasteiger partial charge in [-0.1, -0.05) is 5.16 Å². The molecule has 2 aromatic heterocycles. The summed E-state index contributed by atoms with van der Waals surface area (Å²) in [5.74, 6) is -0.373. The lowest BCUT2D eigenvalue weighted by molar-refractivity contribution is 0.0472. The number of ketones is 1. The molecule has 1 aliphatic carbocycles. The van der Waals surface area contributed by atoms with Crippen LogP contribution >= 0.6 is 0 Å². The van der Waals surface area contributed by atoms with E-state index in [2.05, 4.69) is 9.72 Å². The molecule has 0 bridgehead atoms. The third-order valence-corrected chi connectivity index (χ3v) is 4.27. The highest BCUT2D eigenvalue weighted by atomic mass is 16.5. The van der Waals surface area contributed by atoms with Gasteiger partial charge in [0.15, 0.2) is 6.61 Å². The van der Waals surface area contributed by atoms with Crippen molar-refractivity contribution in [1.29, 1.82) is 0 Å². The van der Waals surface area contributed by atoms with E-state index >= 15 is 0 Å². The number of aryl methyl sites for hydroxylation is 3. The Kier molecular flexibility index (Phi) is 3.83. The zero-order chi connectivity index (χ0) is 16.7. The molecule has 1 fully saturated rings. The molecule has 0 radical (unpaired) electrons. The Hall–Kier alpha value is -2.37. The minimum atomic E-state index is -0.578. The number of esters is 1. The number of aromatic nitrogens is 2. The second-order valence-electron chi connectivity index (χ2n) is 6.08. The maximum Gasteiger partial charge on any atom is 0.344 e. The number of rotatable bonds is 5. The fourth-order valence-corrected chi connectivity index (χ4v) is 3.01. The summed E-state index contributed by atoms with van der Waals surface area (Å²) in [5, 5.41) is 3.71. The van der Waals surface area contributed by atoms with Crippen molar-refractivity contribution in [3.05, 3.63) is 40.0 Å². The number of hydrogen-bond donors (Lipinski definition) is 0. The summed E-state index contributed by atoms with van der Waals surface area (Å²) >= 11 is 0. The SMILES string of the molecule is Cc1noc(C)c1C(=O)OCC(=O)c1cc(C)n(C2CC2)c1C. The fourth-order valence-electron chi connectivity index (χ4n) is 3.01. The summed E-state index contributed by atoms with van der Waals surface area (Å²) < 4.78 is 12.3. The molecule has 0 unspecified atom stereocenters. The van der Waals surface area contributed by atoms with Crippen LogP contribution in [0.15, 0.2) is 10.6 Å². The van der Waals surface area contributed by atoms with E-state index in [0.717, 1.165) is 24.2 Å². The predicted octanol–water partition coefficient (Wildman–Crippen LogP) is 3.08. The first-order chi connectivity index (χ1) is 10.9. The van der Waals surface area contributed by atoms with Crippen LogP contribution in [0.25, 0.3) is 0 Å². The lowest BCUT2D eigenvalue weighted by Crippen LogP contribution is -2.16. The maximum absolute atomic E-state index is 12.4. The van der Waals surface area contributed by atoms with E-state index in [1.165, 1.54) is 0 Å². The molecule has 0 aromatic carbocycles. The highest BCUT2D eigenvalue weighted by Crippen LogP contribution is 2.38. The average molecular weight is 316 g/mol. The van der Waals surface area contributed by atoms with Crippen molar-refractivity contribution in [2.24, 2.45) is 0 Å². The van der Waals surface area contributed by atoms with Crippen molar-refractivity contribution in [3.8, 4) is 0 Å². The van der Waals surface area contributed by atoms with Crippen molar-refractivity contribution in [1.82, 2.24) is 9.72 Å². The molecule has 122 valence electrons. The normalized spacial score (nSPS) is 14.1. The van der Waals surface area contributed by atoms with Gasteiger partial charge in [0.1, 0.15) is 11.3 Å². The molecule has 6 nitrogen and oxygen atoms in total. The smallest absolute Gasteiger partial charge is 0.344 e. The van der Waals surface area contributed by atoms with Gasteiger partial charge in [-0.05, 0) is 46.6 Å². The van der Waals surface area contributed by atoms with Crippen LogP contribution < -0.4 is 0 Å². The van der Waals surface area contributed by atoms with Gasteiger partial charge in [0, 0.05) is 23.0 Å². The van der Waals surface area contributed by atoms with Gasteiger partial charge < -0.3 is 13.8 Å². The van der Waals surface area contributed by atoms with E-state index < -0.39 is 5.97 Å². The third-order valence-electron chi connectivity index (χ3n) is 4.27. The standard InChI is InChI=1S/C17H20N2O4/c1-9-7-14(11(3)19(9)13-5-6-13)15(20)8-22-17(21)16-10(2)18-23-12(16)4/h7,13H,5-6,8H2,1-4H3. The second kappa shape index (κ2) is 5.68. The quantitative estimate of drug-likeness (QED) is 0.626. The molecule has 2 aromatic rings. The Morgan fingerprint density at radius 2 is 2.00 bits per heavy atom. The lowest BCUT2D eigenvalue weighted by Gasteiger charge is -2.08. The zero-order valence-corrected chi connectivity index (χ0v) is 13.8. The predicted molar refractivity (Wildman–Crippen MR) is 82.8 cm³/mol. The van der Waals surface area contributed by atoms with E-state index in [1.54, 1.807) is 13.8 Å². The molecular weight excluding hydrogens is 296 g/mol. The van der Waals surface area contributed by atoms with Crippen LogP contribution in [-0.2, 0) is 4.74 Å². The van der Waals surface area contributed by atoms with Crippen molar-refractivity contribution in [2.45, 2.75) is 46.6 Å². The maximum atomic E-state index is 12.4. The summed E-state index contributed by atoms with van der Waals surface area (Å²) in [5.41, 5.74) is 3.41. The highest BCUT2D eigenvalue weighted by molar-refractivity contribution is 6.00. The number of hydrogen-bond acceptors (Lipinski definition) is 5. The van der Waals surface area contributed by atoms with Gasteiger partial charge >= 0.3 is 5.97 Å². The summed E-state index contributed by atoms with van der Waals surface area (Å²) in [7, 11) is 0. The molecule has 0 saturated heterocycles. The Balaban J connectivity index is 1.71. The van der Waals surface area contributed by atoms with E-state index in [9.17, 15) is 9.59 Å². The topological polar surface area (TPSA) is 74.3 Å². The molecule has 6 heteroatoms. The fraction of sp³-hybridized carbons (Fsp3) is 0.471. The zero-order valence-electron chi connectivity index (χ0n) is 13.8. The Morgan fingerprint density at radius 3 is 2.57 bits per heavy atom. The van der Waals surface area contributed by atoms with Crippen LogP contribution in [0, 0.1) is 27.7 Å². The number of carbonyl (C=O) groups is 2. The van der Waals surface area contributed by atoms with Gasteiger partial charge in [-0.2, -0.15) is 0 Å². The van der Waals surface area contributed by atoms with E-state index in [-0.39, 0.29) is 12.4 Å². The number of Topliss-reactive ketones (excluding diaryl/α,β-unsaturated/α-hetero) is 1. The van der Waals surface area contributed by atoms with Gasteiger partial charge in [-0.3, -0.25) is 4.79 Å². The van der Waals surface area contributed by atoms with Crippen molar-refractivity contribution >= 4 is 11.8 Å². The van der Waals surface area contributed by atoms with Crippen molar-refractivity contribution in [2.75, 3.05) is 6.61 Å². The summed E-state index contributed by atoms with van der Waals surface area (Å²) in [4.78, 5) is 24.5. The first-order valence-corrected chi connectivity index (χ1v) is 7.71. The van der Waals surface area contributed by atoms with Gasteiger partial charge in [-0.15, -0.1) is 0 Å².